The molecule has 1 unspecified atom stereocenters. The lowest BCUT2D eigenvalue weighted by Crippen LogP contribution is -2.45. The van der Waals surface area contributed by atoms with E-state index in [2.05, 4.69) is 0 Å². The Labute approximate surface area is 96.4 Å². The molecule has 0 saturated heterocycles. The first-order valence-electron chi connectivity index (χ1n) is 5.84. The van der Waals surface area contributed by atoms with E-state index in [1.807, 2.05) is 17.2 Å². The van der Waals surface area contributed by atoms with Crippen LogP contribution >= 0.6 is 0 Å². The van der Waals surface area contributed by atoms with E-state index < -0.39 is 6.23 Å². The summed E-state index contributed by atoms with van der Waals surface area (Å²) in [6.45, 7) is 0. The van der Waals surface area contributed by atoms with E-state index in [9.17, 15) is 5.11 Å². The molecule has 1 fully saturated rings. The van der Waals surface area contributed by atoms with Gasteiger partial charge >= 0.3 is 0 Å². The Bertz CT molecular complexity index is 293. The lowest BCUT2D eigenvalue weighted by Gasteiger charge is -2.39. The Hall–Kier alpha value is -1.00. The summed E-state index contributed by atoms with van der Waals surface area (Å²) in [7, 11) is 1.77. The largest absolute Gasteiger partial charge is 0.398 e. The molecule has 2 rings (SSSR count). The van der Waals surface area contributed by atoms with Crippen LogP contribution in [-0.2, 0) is 4.74 Å². The van der Waals surface area contributed by atoms with Crippen LogP contribution in [0.2, 0.25) is 0 Å². The minimum atomic E-state index is -0.658. The fourth-order valence-corrected chi connectivity index (χ4v) is 2.49. The quantitative estimate of drug-likeness (QED) is 0.732. The van der Waals surface area contributed by atoms with Gasteiger partial charge in [0.1, 0.15) is 0 Å². The van der Waals surface area contributed by atoms with Gasteiger partial charge in [0.25, 0.3) is 0 Å². The lowest BCUT2D eigenvalue weighted by atomic mass is 9.91. The van der Waals surface area contributed by atoms with Gasteiger partial charge in [0, 0.05) is 19.4 Å². The minimum Gasteiger partial charge on any atom is -0.398 e. The maximum atomic E-state index is 9.96. The summed E-state index contributed by atoms with van der Waals surface area (Å²) >= 11 is 0. The molecule has 0 spiro atoms. The van der Waals surface area contributed by atoms with Crippen LogP contribution in [-0.4, -0.2) is 35.5 Å². The van der Waals surface area contributed by atoms with Crippen LogP contribution in [0.4, 0.5) is 0 Å². The van der Waals surface area contributed by atoms with Crippen molar-refractivity contribution in [2.24, 2.45) is 5.73 Å². The predicted octanol–water partition coefficient (Wildman–Crippen LogP) is 0.934. The van der Waals surface area contributed by atoms with Crippen LogP contribution in [0.5, 0.6) is 0 Å². The van der Waals surface area contributed by atoms with Gasteiger partial charge in [-0.05, 0) is 37.8 Å². The molecule has 0 radical (unpaired) electrons. The molecule has 16 heavy (non-hydrogen) atoms. The molecule has 0 aromatic rings. The Kier molecular flexibility index (Phi) is 3.51. The molecule has 1 atom stereocenters. The third-order valence-electron chi connectivity index (χ3n) is 3.53. The molecule has 90 valence electrons. The van der Waals surface area contributed by atoms with Gasteiger partial charge in [-0.1, -0.05) is 0 Å². The zero-order valence-electron chi connectivity index (χ0n) is 9.67. The first-order chi connectivity index (χ1) is 7.72. The van der Waals surface area contributed by atoms with Crippen molar-refractivity contribution in [1.82, 2.24) is 4.90 Å². The fourth-order valence-electron chi connectivity index (χ4n) is 2.49. The number of hydrogen-bond donors (Lipinski definition) is 2. The highest BCUT2D eigenvalue weighted by molar-refractivity contribution is 5.19. The second-order valence-corrected chi connectivity index (χ2v) is 4.50. The minimum absolute atomic E-state index is 0.380. The summed E-state index contributed by atoms with van der Waals surface area (Å²) < 4.78 is 5.34. The molecule has 0 aromatic carbocycles. The maximum Gasteiger partial charge on any atom is 0.167 e. The Balaban J connectivity index is 1.94. The molecule has 4 heteroatoms. The molecule has 3 N–H and O–H groups in total. The van der Waals surface area contributed by atoms with E-state index in [1.54, 1.807) is 13.2 Å². The van der Waals surface area contributed by atoms with Crippen LogP contribution in [0.1, 0.15) is 25.7 Å². The van der Waals surface area contributed by atoms with Gasteiger partial charge in [0.2, 0.25) is 0 Å². The van der Waals surface area contributed by atoms with Crippen molar-refractivity contribution in [3.05, 3.63) is 24.0 Å². The highest BCUT2D eigenvalue weighted by Gasteiger charge is 2.29. The average Bonchev–Trinajstić information content (AvgIpc) is 2.33. The number of ether oxygens (including phenoxy) is 1. The fraction of sp³-hybridized carbons (Fsp3) is 0.667. The second-order valence-electron chi connectivity index (χ2n) is 4.50. The number of hydrogen-bond acceptors (Lipinski definition) is 4. The van der Waals surface area contributed by atoms with E-state index in [-0.39, 0.29) is 0 Å². The Morgan fingerprint density at radius 2 is 2.06 bits per heavy atom. The van der Waals surface area contributed by atoms with Crippen LogP contribution in [0.25, 0.3) is 0 Å². The smallest absolute Gasteiger partial charge is 0.167 e. The molecular formula is C12H20N2O2. The van der Waals surface area contributed by atoms with E-state index in [1.165, 1.54) is 0 Å². The number of nitrogens with two attached hydrogens (primary N) is 1. The molecule has 0 aromatic heterocycles. The van der Waals surface area contributed by atoms with Crippen molar-refractivity contribution in [3.63, 3.8) is 0 Å². The number of allylic oxidation sites excluding steroid dienone is 2. The van der Waals surface area contributed by atoms with Crippen LogP contribution in [0, 0.1) is 0 Å². The zero-order valence-corrected chi connectivity index (χ0v) is 9.67. The van der Waals surface area contributed by atoms with Gasteiger partial charge in [0.15, 0.2) is 6.23 Å². The summed E-state index contributed by atoms with van der Waals surface area (Å²) in [5.41, 5.74) is 6.25. The lowest BCUT2D eigenvalue weighted by molar-refractivity contribution is -0.00341. The van der Waals surface area contributed by atoms with Crippen molar-refractivity contribution in [1.29, 1.82) is 0 Å². The molecule has 2 aliphatic rings. The van der Waals surface area contributed by atoms with Gasteiger partial charge in [-0.15, -0.1) is 0 Å². The normalized spacial score (nSPS) is 35.0. The highest BCUT2D eigenvalue weighted by atomic mass is 16.5. The molecule has 4 nitrogen and oxygen atoms in total. The monoisotopic (exact) mass is 224 g/mol. The van der Waals surface area contributed by atoms with E-state index in [4.69, 9.17) is 10.5 Å². The zero-order chi connectivity index (χ0) is 11.5. The number of aliphatic hydroxyl groups excluding tert-OH is 1. The number of nitrogens with zero attached hydrogens (tertiary/aromatic N) is 1. The topological polar surface area (TPSA) is 58.7 Å². The van der Waals surface area contributed by atoms with Gasteiger partial charge in [-0.3, -0.25) is 0 Å². The van der Waals surface area contributed by atoms with Crippen molar-refractivity contribution in [3.8, 4) is 0 Å². The molecule has 1 saturated carbocycles. The SMILES string of the molecule is CO[C@H]1CC[C@@H](N2C=CC=C(N)C2O)CC1. The molecule has 0 amide bonds. The standard InChI is InChI=1S/C12H20N2O2/c1-16-10-6-4-9(5-7-10)14-8-2-3-11(13)12(14)15/h2-3,8-10,12,15H,4-7,13H2,1H3/t9-,10+,12?. The number of methoxy groups -OCH3 is 1. The van der Waals surface area contributed by atoms with Gasteiger partial charge < -0.3 is 20.5 Å². The van der Waals surface area contributed by atoms with Crippen molar-refractivity contribution in [2.75, 3.05) is 7.11 Å². The molecule has 0 bridgehead atoms. The molecule has 1 aliphatic heterocycles. The van der Waals surface area contributed by atoms with Crippen molar-refractivity contribution in [2.45, 2.75) is 44.1 Å². The summed E-state index contributed by atoms with van der Waals surface area (Å²) in [4.78, 5) is 1.96. The van der Waals surface area contributed by atoms with Crippen molar-refractivity contribution >= 4 is 0 Å². The van der Waals surface area contributed by atoms with Gasteiger partial charge in [-0.25, -0.2) is 0 Å². The highest BCUT2D eigenvalue weighted by Crippen LogP contribution is 2.27. The van der Waals surface area contributed by atoms with Gasteiger partial charge in [-0.2, -0.15) is 0 Å². The Morgan fingerprint density at radius 3 is 2.69 bits per heavy atom. The maximum absolute atomic E-state index is 9.96. The first kappa shape index (κ1) is 11.5. The number of rotatable bonds is 2. The van der Waals surface area contributed by atoms with Gasteiger partial charge in [0.05, 0.1) is 11.8 Å². The number of aliphatic hydroxyl groups is 1. The average molecular weight is 224 g/mol. The van der Waals surface area contributed by atoms with Crippen molar-refractivity contribution < 1.29 is 9.84 Å². The third-order valence-corrected chi connectivity index (χ3v) is 3.53. The van der Waals surface area contributed by atoms with Crippen LogP contribution < -0.4 is 5.73 Å². The van der Waals surface area contributed by atoms with Crippen LogP contribution in [0.3, 0.4) is 0 Å². The summed E-state index contributed by atoms with van der Waals surface area (Å²) in [5.74, 6) is 0. The molecular weight excluding hydrogens is 204 g/mol. The first-order valence-corrected chi connectivity index (χ1v) is 5.84. The predicted molar refractivity (Wildman–Crippen MR) is 62.3 cm³/mol. The second kappa shape index (κ2) is 4.89. The summed E-state index contributed by atoms with van der Waals surface area (Å²) in [6.07, 6.45) is 9.51. The summed E-state index contributed by atoms with van der Waals surface area (Å²) in [5, 5.41) is 9.96. The van der Waals surface area contributed by atoms with E-state index >= 15 is 0 Å². The van der Waals surface area contributed by atoms with Crippen LogP contribution in [0.15, 0.2) is 24.0 Å². The molecule has 1 heterocycles. The van der Waals surface area contributed by atoms with E-state index in [0.29, 0.717) is 17.8 Å². The summed E-state index contributed by atoms with van der Waals surface area (Å²) in [6, 6.07) is 0.380. The Morgan fingerprint density at radius 1 is 1.38 bits per heavy atom. The third kappa shape index (κ3) is 2.23. The molecule has 1 aliphatic carbocycles. The van der Waals surface area contributed by atoms with E-state index in [0.717, 1.165) is 25.7 Å².